The van der Waals surface area contributed by atoms with E-state index in [1.54, 1.807) is 6.26 Å². The summed E-state index contributed by atoms with van der Waals surface area (Å²) in [5.41, 5.74) is 2.43. The Kier molecular flexibility index (Phi) is 6.82. The molecule has 1 atom stereocenters. The predicted molar refractivity (Wildman–Crippen MR) is 99.7 cm³/mol. The Morgan fingerprint density at radius 2 is 1.96 bits per heavy atom. The van der Waals surface area contributed by atoms with E-state index >= 15 is 0 Å². The molecule has 2 aromatic rings. The number of furan rings is 1. The second-order valence-electron chi connectivity index (χ2n) is 6.61. The third-order valence-corrected chi connectivity index (χ3v) is 4.57. The highest BCUT2D eigenvalue weighted by atomic mass is 16.5. The van der Waals surface area contributed by atoms with Crippen LogP contribution in [0.5, 0.6) is 0 Å². The van der Waals surface area contributed by atoms with Gasteiger partial charge in [0.25, 0.3) is 0 Å². The summed E-state index contributed by atoms with van der Waals surface area (Å²) in [6.07, 6.45) is 1.61. The lowest BCUT2D eigenvalue weighted by Gasteiger charge is -2.31. The van der Waals surface area contributed by atoms with Crippen molar-refractivity contribution in [3.63, 3.8) is 0 Å². The van der Waals surface area contributed by atoms with Crippen molar-refractivity contribution in [2.75, 3.05) is 39.4 Å². The Balaban J connectivity index is 1.55. The minimum absolute atomic E-state index is 0.0412. The highest BCUT2D eigenvalue weighted by Gasteiger charge is 2.19. The van der Waals surface area contributed by atoms with Gasteiger partial charge in [-0.2, -0.15) is 0 Å². The molecule has 0 spiro atoms. The summed E-state index contributed by atoms with van der Waals surface area (Å²) >= 11 is 0. The molecule has 0 saturated carbocycles. The molecule has 1 aromatic carbocycles. The van der Waals surface area contributed by atoms with Crippen LogP contribution in [0.15, 0.2) is 47.1 Å². The zero-order valence-corrected chi connectivity index (χ0v) is 15.2. The van der Waals surface area contributed by atoms with E-state index in [0.717, 1.165) is 38.6 Å². The van der Waals surface area contributed by atoms with Crippen molar-refractivity contribution in [1.29, 1.82) is 0 Å². The summed E-state index contributed by atoms with van der Waals surface area (Å²) in [5.74, 6) is 0.710. The number of nitrogens with one attached hydrogen (secondary N) is 2. The first-order valence-corrected chi connectivity index (χ1v) is 9.10. The Morgan fingerprint density at radius 3 is 2.65 bits per heavy atom. The fraction of sp³-hybridized carbons (Fsp3) is 0.450. The van der Waals surface area contributed by atoms with Gasteiger partial charge in [0.15, 0.2) is 0 Å². The van der Waals surface area contributed by atoms with Crippen LogP contribution in [-0.2, 0) is 16.1 Å². The van der Waals surface area contributed by atoms with Gasteiger partial charge in [0.1, 0.15) is 5.76 Å². The number of ether oxygens (including phenoxy) is 1. The van der Waals surface area contributed by atoms with Crippen molar-refractivity contribution in [2.45, 2.75) is 19.5 Å². The number of hydrogen-bond donors (Lipinski definition) is 2. The highest BCUT2D eigenvalue weighted by molar-refractivity contribution is 5.77. The molecule has 3 rings (SSSR count). The van der Waals surface area contributed by atoms with E-state index in [-0.39, 0.29) is 18.5 Å². The van der Waals surface area contributed by atoms with Gasteiger partial charge >= 0.3 is 0 Å². The van der Waals surface area contributed by atoms with Crippen molar-refractivity contribution in [1.82, 2.24) is 15.5 Å². The molecule has 1 amide bonds. The average molecular weight is 357 g/mol. The van der Waals surface area contributed by atoms with Crippen molar-refractivity contribution < 1.29 is 13.9 Å². The maximum Gasteiger partial charge on any atom is 0.234 e. The number of hydrogen-bond acceptors (Lipinski definition) is 5. The number of benzene rings is 1. The fourth-order valence-electron chi connectivity index (χ4n) is 3.01. The number of aryl methyl sites for hydroxylation is 1. The first-order valence-electron chi connectivity index (χ1n) is 9.10. The van der Waals surface area contributed by atoms with E-state index in [1.165, 1.54) is 11.1 Å². The maximum absolute atomic E-state index is 12.2. The average Bonchev–Trinajstić information content (AvgIpc) is 3.19. The first-order chi connectivity index (χ1) is 12.7. The molecule has 6 nitrogen and oxygen atoms in total. The van der Waals surface area contributed by atoms with Crippen LogP contribution >= 0.6 is 0 Å². The molecule has 26 heavy (non-hydrogen) atoms. The molecule has 1 saturated heterocycles. The Morgan fingerprint density at radius 1 is 1.19 bits per heavy atom. The number of rotatable bonds is 8. The summed E-state index contributed by atoms with van der Waals surface area (Å²) in [6, 6.07) is 12.3. The Labute approximate surface area is 154 Å². The third-order valence-electron chi connectivity index (χ3n) is 4.57. The maximum atomic E-state index is 12.2. The van der Waals surface area contributed by atoms with E-state index in [1.807, 2.05) is 12.1 Å². The molecule has 6 heteroatoms. The van der Waals surface area contributed by atoms with Crippen molar-refractivity contribution >= 4 is 5.91 Å². The van der Waals surface area contributed by atoms with Crippen LogP contribution in [0.3, 0.4) is 0 Å². The van der Waals surface area contributed by atoms with Crippen LogP contribution in [-0.4, -0.2) is 50.2 Å². The molecular weight excluding hydrogens is 330 g/mol. The summed E-state index contributed by atoms with van der Waals surface area (Å²) in [6.45, 7) is 7.00. The van der Waals surface area contributed by atoms with Crippen LogP contribution in [0.1, 0.15) is 22.9 Å². The molecule has 1 aliphatic heterocycles. The standard InChI is InChI=1S/C20H27N3O3/c1-16-4-6-17(7-5-16)19(15-23-8-11-25-12-9-23)21-14-20(24)22-13-18-3-2-10-26-18/h2-7,10,19,21H,8-9,11-15H2,1H3,(H,22,24). The van der Waals surface area contributed by atoms with Crippen molar-refractivity contribution in [2.24, 2.45) is 0 Å². The molecular formula is C20H27N3O3. The van der Waals surface area contributed by atoms with Crippen LogP contribution in [0, 0.1) is 6.92 Å². The molecule has 0 bridgehead atoms. The van der Waals surface area contributed by atoms with Gasteiger partial charge in [-0.1, -0.05) is 29.8 Å². The lowest BCUT2D eigenvalue weighted by atomic mass is 10.0. The summed E-state index contributed by atoms with van der Waals surface area (Å²) in [5, 5.41) is 6.28. The van der Waals surface area contributed by atoms with Crippen LogP contribution in [0.2, 0.25) is 0 Å². The van der Waals surface area contributed by atoms with Crippen molar-refractivity contribution in [3.05, 3.63) is 59.5 Å². The summed E-state index contributed by atoms with van der Waals surface area (Å²) in [7, 11) is 0. The lowest BCUT2D eigenvalue weighted by Crippen LogP contribution is -2.44. The Bertz CT molecular complexity index is 664. The minimum Gasteiger partial charge on any atom is -0.467 e. The van der Waals surface area contributed by atoms with Crippen LogP contribution in [0.4, 0.5) is 0 Å². The number of morpholine rings is 1. The highest BCUT2D eigenvalue weighted by Crippen LogP contribution is 2.16. The first kappa shape index (κ1) is 18.6. The van der Waals surface area contributed by atoms with Gasteiger partial charge in [-0.3, -0.25) is 9.69 Å². The van der Waals surface area contributed by atoms with E-state index in [4.69, 9.17) is 9.15 Å². The summed E-state index contributed by atoms with van der Waals surface area (Å²) in [4.78, 5) is 14.5. The predicted octanol–water partition coefficient (Wildman–Crippen LogP) is 1.87. The third kappa shape index (κ3) is 5.69. The molecule has 140 valence electrons. The van der Waals surface area contributed by atoms with Crippen LogP contribution < -0.4 is 10.6 Å². The van der Waals surface area contributed by atoms with Crippen LogP contribution in [0.25, 0.3) is 0 Å². The molecule has 1 fully saturated rings. The number of nitrogens with zero attached hydrogens (tertiary/aromatic N) is 1. The van der Waals surface area contributed by atoms with E-state index in [2.05, 4.69) is 46.7 Å². The SMILES string of the molecule is Cc1ccc(C(CN2CCOCC2)NCC(=O)NCc2ccco2)cc1. The Hall–Kier alpha value is -2.15. The normalized spacial score (nSPS) is 16.3. The van der Waals surface area contributed by atoms with Crippen molar-refractivity contribution in [3.8, 4) is 0 Å². The smallest absolute Gasteiger partial charge is 0.234 e. The van der Waals surface area contributed by atoms with E-state index in [0.29, 0.717) is 6.54 Å². The molecule has 1 aromatic heterocycles. The second-order valence-corrected chi connectivity index (χ2v) is 6.61. The number of amides is 1. The lowest BCUT2D eigenvalue weighted by molar-refractivity contribution is -0.120. The number of carbonyl (C=O) groups excluding carboxylic acids is 1. The van der Waals surface area contributed by atoms with Gasteiger partial charge in [-0.15, -0.1) is 0 Å². The molecule has 2 N–H and O–H groups in total. The molecule has 2 heterocycles. The fourth-order valence-corrected chi connectivity index (χ4v) is 3.01. The number of carbonyl (C=O) groups is 1. The van der Waals surface area contributed by atoms with Gasteiger partial charge in [-0.05, 0) is 24.6 Å². The molecule has 1 aliphatic rings. The largest absolute Gasteiger partial charge is 0.467 e. The van der Waals surface area contributed by atoms with Gasteiger partial charge < -0.3 is 19.8 Å². The molecule has 0 radical (unpaired) electrons. The van der Waals surface area contributed by atoms with E-state index < -0.39 is 0 Å². The second kappa shape index (κ2) is 9.52. The zero-order chi connectivity index (χ0) is 18.2. The summed E-state index contributed by atoms with van der Waals surface area (Å²) < 4.78 is 10.7. The molecule has 1 unspecified atom stereocenters. The van der Waals surface area contributed by atoms with Gasteiger partial charge in [0, 0.05) is 25.7 Å². The zero-order valence-electron chi connectivity index (χ0n) is 15.2. The van der Waals surface area contributed by atoms with E-state index in [9.17, 15) is 4.79 Å². The van der Waals surface area contributed by atoms with Gasteiger partial charge in [0.05, 0.1) is 32.6 Å². The minimum atomic E-state index is -0.0412. The van der Waals surface area contributed by atoms with Gasteiger partial charge in [0.2, 0.25) is 5.91 Å². The molecule has 0 aliphatic carbocycles. The van der Waals surface area contributed by atoms with Gasteiger partial charge in [-0.25, -0.2) is 0 Å². The monoisotopic (exact) mass is 357 g/mol. The quantitative estimate of drug-likeness (QED) is 0.755. The topological polar surface area (TPSA) is 66.7 Å².